The Morgan fingerprint density at radius 1 is 1.06 bits per heavy atom. The van der Waals surface area contributed by atoms with Crippen molar-refractivity contribution >= 4 is 17.8 Å². The van der Waals surface area contributed by atoms with Gasteiger partial charge < -0.3 is 10.2 Å². The molecule has 192 valence electrons. The maximum Gasteiger partial charge on any atom is 0.324 e. The van der Waals surface area contributed by atoms with E-state index in [4.69, 9.17) is 0 Å². The van der Waals surface area contributed by atoms with E-state index in [1.54, 1.807) is 0 Å². The van der Waals surface area contributed by atoms with E-state index in [-0.39, 0.29) is 23.9 Å². The van der Waals surface area contributed by atoms with Crippen molar-refractivity contribution in [3.63, 3.8) is 0 Å². The van der Waals surface area contributed by atoms with Gasteiger partial charge in [0.05, 0.1) is 6.04 Å². The third-order valence-electron chi connectivity index (χ3n) is 9.20. The topological polar surface area (TPSA) is 73.0 Å². The predicted molar refractivity (Wildman–Crippen MR) is 137 cm³/mol. The molecule has 5 aliphatic rings. The van der Waals surface area contributed by atoms with Crippen LogP contribution in [0.5, 0.6) is 0 Å². The molecule has 4 aliphatic heterocycles. The molecule has 2 bridgehead atoms. The average molecular weight is 491 g/mol. The van der Waals surface area contributed by atoms with Crippen LogP contribution < -0.4 is 5.32 Å². The van der Waals surface area contributed by atoms with Gasteiger partial charge >= 0.3 is 6.03 Å². The van der Waals surface area contributed by atoms with Crippen molar-refractivity contribution in [2.45, 2.75) is 75.9 Å². The van der Waals surface area contributed by atoms with Crippen molar-refractivity contribution in [2.24, 2.45) is 11.8 Å². The molecule has 4 heterocycles. The molecule has 0 spiro atoms. The number of nitrogens with one attached hydrogen (secondary N) is 1. The minimum atomic E-state index is -0.600. The first-order chi connectivity index (χ1) is 17.6. The minimum absolute atomic E-state index is 0.134. The number of rotatable bonds is 6. The molecule has 7 heteroatoms. The number of piperidine rings is 3. The first kappa shape index (κ1) is 23.7. The lowest BCUT2D eigenvalue weighted by Gasteiger charge is -2.54. The number of imide groups is 1. The van der Waals surface area contributed by atoms with Crippen molar-refractivity contribution in [3.05, 3.63) is 47.5 Å². The highest BCUT2D eigenvalue weighted by molar-refractivity contribution is 6.04. The molecule has 0 unspecified atom stereocenters. The summed E-state index contributed by atoms with van der Waals surface area (Å²) in [5.74, 6) is 1.11. The molecule has 5 atom stereocenters. The van der Waals surface area contributed by atoms with Gasteiger partial charge in [-0.15, -0.1) is 0 Å². The predicted octanol–water partition coefficient (Wildman–Crippen LogP) is 3.35. The zero-order valence-corrected chi connectivity index (χ0v) is 21.1. The van der Waals surface area contributed by atoms with Crippen LogP contribution in [0.25, 0.3) is 0 Å². The average Bonchev–Trinajstić information content (AvgIpc) is 3.18. The van der Waals surface area contributed by atoms with Crippen molar-refractivity contribution < 1.29 is 14.4 Å². The molecule has 0 radical (unpaired) electrons. The summed E-state index contributed by atoms with van der Waals surface area (Å²) in [7, 11) is 0. The van der Waals surface area contributed by atoms with Gasteiger partial charge in [0.2, 0.25) is 5.91 Å². The Bertz CT molecular complexity index is 1040. The first-order valence-corrected chi connectivity index (χ1v) is 14.0. The van der Waals surface area contributed by atoms with Crippen LogP contribution in [0.2, 0.25) is 0 Å². The second-order valence-electron chi connectivity index (χ2n) is 11.4. The zero-order valence-electron chi connectivity index (χ0n) is 21.1. The highest BCUT2D eigenvalue weighted by atomic mass is 16.2. The van der Waals surface area contributed by atoms with E-state index in [1.165, 1.54) is 42.7 Å². The van der Waals surface area contributed by atoms with Gasteiger partial charge in [-0.25, -0.2) is 4.79 Å². The highest BCUT2D eigenvalue weighted by Gasteiger charge is 2.47. The number of hydrogen-bond donors (Lipinski definition) is 1. The Hall–Kier alpha value is -2.67. The molecule has 6 rings (SSSR count). The molecule has 1 aliphatic carbocycles. The Morgan fingerprint density at radius 3 is 2.78 bits per heavy atom. The number of benzene rings is 1. The van der Waals surface area contributed by atoms with E-state index < -0.39 is 6.04 Å². The molecule has 0 aromatic heterocycles. The van der Waals surface area contributed by atoms with Gasteiger partial charge in [0.1, 0.15) is 6.04 Å². The molecule has 0 saturated carbocycles. The van der Waals surface area contributed by atoms with E-state index in [1.807, 2.05) is 30.3 Å². The van der Waals surface area contributed by atoms with Crippen LogP contribution in [0, 0.1) is 11.8 Å². The largest absolute Gasteiger partial charge is 0.336 e. The van der Waals surface area contributed by atoms with Gasteiger partial charge in [-0.05, 0) is 68.9 Å². The lowest BCUT2D eigenvalue weighted by atomic mass is 9.68. The number of carbonyl (C=O) groups is 3. The van der Waals surface area contributed by atoms with Gasteiger partial charge in [0, 0.05) is 32.1 Å². The molecule has 7 nitrogen and oxygen atoms in total. The molecule has 4 fully saturated rings. The summed E-state index contributed by atoms with van der Waals surface area (Å²) >= 11 is 0. The highest BCUT2D eigenvalue weighted by Crippen LogP contribution is 2.45. The summed E-state index contributed by atoms with van der Waals surface area (Å²) in [4.78, 5) is 45.0. The van der Waals surface area contributed by atoms with Gasteiger partial charge in [0.25, 0.3) is 5.91 Å². The van der Waals surface area contributed by atoms with Gasteiger partial charge in [-0.3, -0.25) is 19.4 Å². The normalized spacial score (nSPS) is 32.0. The third-order valence-corrected chi connectivity index (χ3v) is 9.20. The maximum atomic E-state index is 13.5. The van der Waals surface area contributed by atoms with Crippen LogP contribution in [-0.4, -0.2) is 76.8 Å². The Morgan fingerprint density at radius 2 is 1.92 bits per heavy atom. The van der Waals surface area contributed by atoms with Gasteiger partial charge in [-0.1, -0.05) is 48.4 Å². The summed E-state index contributed by atoms with van der Waals surface area (Å²) in [6, 6.07) is 9.86. The second kappa shape index (κ2) is 10.0. The molecule has 36 heavy (non-hydrogen) atoms. The van der Waals surface area contributed by atoms with Crippen LogP contribution in [-0.2, 0) is 16.0 Å². The van der Waals surface area contributed by atoms with Gasteiger partial charge in [-0.2, -0.15) is 0 Å². The number of hydrogen-bond acceptors (Lipinski definition) is 4. The first-order valence-electron chi connectivity index (χ1n) is 14.0. The fourth-order valence-corrected chi connectivity index (χ4v) is 7.53. The number of fused-ring (bicyclic) bond motifs is 6. The lowest BCUT2D eigenvalue weighted by molar-refractivity contribution is -0.136. The Labute approximate surface area is 213 Å². The van der Waals surface area contributed by atoms with E-state index in [9.17, 15) is 14.4 Å². The summed E-state index contributed by atoms with van der Waals surface area (Å²) in [6.45, 7) is 3.48. The molecule has 1 aromatic rings. The molecular weight excluding hydrogens is 452 g/mol. The van der Waals surface area contributed by atoms with Crippen LogP contribution in [0.15, 0.2) is 42.0 Å². The van der Waals surface area contributed by atoms with E-state index >= 15 is 0 Å². The number of amides is 4. The third kappa shape index (κ3) is 4.47. The molecule has 1 N–H and O–H groups in total. The smallest absolute Gasteiger partial charge is 0.324 e. The van der Waals surface area contributed by atoms with Crippen molar-refractivity contribution in [2.75, 3.05) is 26.2 Å². The Kier molecular flexibility index (Phi) is 6.59. The maximum absolute atomic E-state index is 13.5. The molecule has 4 saturated heterocycles. The summed E-state index contributed by atoms with van der Waals surface area (Å²) < 4.78 is 0. The quantitative estimate of drug-likeness (QED) is 0.490. The van der Waals surface area contributed by atoms with Crippen molar-refractivity contribution in [3.8, 4) is 0 Å². The van der Waals surface area contributed by atoms with E-state index in [0.29, 0.717) is 43.7 Å². The van der Waals surface area contributed by atoms with Crippen molar-refractivity contribution in [1.29, 1.82) is 0 Å². The summed E-state index contributed by atoms with van der Waals surface area (Å²) in [5.41, 5.74) is 2.58. The molecular formula is C29H38N4O3. The monoisotopic (exact) mass is 490 g/mol. The van der Waals surface area contributed by atoms with Crippen LogP contribution in [0.3, 0.4) is 0 Å². The summed E-state index contributed by atoms with van der Waals surface area (Å²) in [6.07, 6.45) is 11.1. The fraction of sp³-hybridized carbons (Fsp3) is 0.621. The zero-order chi connectivity index (χ0) is 24.6. The SMILES string of the molecule is O=C1N[C@H](CCC(=O)N2CCCC3=C[C@H]4C[C@@H](CN5CCCC[C@@H]45)[C@@H]32)C(=O)N1CCc1ccccc1. The van der Waals surface area contributed by atoms with Crippen LogP contribution >= 0.6 is 0 Å². The number of carbonyl (C=O) groups excluding carboxylic acids is 3. The van der Waals surface area contributed by atoms with Crippen molar-refractivity contribution in [1.82, 2.24) is 20.0 Å². The molecule has 4 amide bonds. The van der Waals surface area contributed by atoms with Crippen LogP contribution in [0.1, 0.15) is 56.9 Å². The Balaban J connectivity index is 1.07. The summed E-state index contributed by atoms with van der Waals surface area (Å²) in [5, 5.41) is 2.82. The number of likely N-dealkylation sites (tertiary alicyclic amines) is 1. The van der Waals surface area contributed by atoms with Crippen LogP contribution in [0.4, 0.5) is 4.79 Å². The second-order valence-corrected chi connectivity index (χ2v) is 11.4. The fourth-order valence-electron chi connectivity index (χ4n) is 7.53. The van der Waals surface area contributed by atoms with Gasteiger partial charge in [0.15, 0.2) is 0 Å². The number of urea groups is 1. The lowest BCUT2D eigenvalue weighted by Crippen LogP contribution is -2.60. The minimum Gasteiger partial charge on any atom is -0.336 e. The number of nitrogens with zero attached hydrogens (tertiary/aromatic N) is 3. The molecule has 1 aromatic carbocycles. The standard InChI is InChI=1S/C29H38N4O3/c34-26(12-11-24-28(35)33(29(36)30-24)16-13-20-7-2-1-3-8-20)32-15-6-9-21-17-22-18-23(27(21)32)19-31-14-5-4-10-25(22)31/h1-3,7-8,17,22-25,27H,4-6,9-16,18-19H2,(H,30,36)/t22-,23-,24+,25-,27+/m0/s1. The van der Waals surface area contributed by atoms with E-state index in [0.717, 1.165) is 31.5 Å². The van der Waals surface area contributed by atoms with E-state index in [2.05, 4.69) is 21.2 Å².